The van der Waals surface area contributed by atoms with Crippen molar-refractivity contribution >= 4 is 23.5 Å². The topological polar surface area (TPSA) is 69.0 Å². The maximum atomic E-state index is 12.4. The molecule has 3 heterocycles. The summed E-state index contributed by atoms with van der Waals surface area (Å²) in [6.07, 6.45) is 1.82. The molecule has 0 radical (unpaired) electrons. The molecule has 1 aliphatic rings. The summed E-state index contributed by atoms with van der Waals surface area (Å²) in [7, 11) is 0. The van der Waals surface area contributed by atoms with Crippen molar-refractivity contribution in [1.29, 1.82) is 0 Å². The first-order valence-electron chi connectivity index (χ1n) is 9.22. The highest BCUT2D eigenvalue weighted by Crippen LogP contribution is 2.44. The van der Waals surface area contributed by atoms with Crippen LogP contribution >= 0.6 is 11.8 Å². The number of hydrogen-bond donors (Lipinski definition) is 1. The van der Waals surface area contributed by atoms with Crippen molar-refractivity contribution in [1.82, 2.24) is 14.8 Å². The molecule has 1 atom stereocenters. The molecule has 0 spiro atoms. The molecule has 1 amide bonds. The number of aromatic nitrogens is 3. The van der Waals surface area contributed by atoms with Gasteiger partial charge in [-0.15, -0.1) is 11.8 Å². The molecule has 6 nitrogen and oxygen atoms in total. The number of pyridine rings is 1. The molecule has 2 aromatic heterocycles. The second kappa shape index (κ2) is 7.67. The van der Waals surface area contributed by atoms with Gasteiger partial charge in [-0.25, -0.2) is 4.98 Å². The van der Waals surface area contributed by atoms with Crippen LogP contribution in [0.1, 0.15) is 35.9 Å². The molecule has 144 valence electrons. The van der Waals surface area contributed by atoms with Crippen LogP contribution in [-0.4, -0.2) is 32.5 Å². The number of carbonyl (C=O) groups is 1. The number of fused-ring (bicyclic) bond motifs is 1. The van der Waals surface area contributed by atoms with Gasteiger partial charge in [-0.2, -0.15) is 9.78 Å². The van der Waals surface area contributed by atoms with Gasteiger partial charge in [0.1, 0.15) is 11.6 Å². The van der Waals surface area contributed by atoms with E-state index >= 15 is 0 Å². The van der Waals surface area contributed by atoms with Gasteiger partial charge in [-0.3, -0.25) is 4.79 Å². The maximum absolute atomic E-state index is 12.4. The number of ether oxygens (including phenoxy) is 1. The maximum Gasteiger partial charge on any atom is 0.235 e. The van der Waals surface area contributed by atoms with Crippen LogP contribution in [0.25, 0.3) is 5.82 Å². The molecule has 1 N–H and O–H groups in total. The van der Waals surface area contributed by atoms with Crippen molar-refractivity contribution in [2.75, 3.05) is 11.1 Å². The van der Waals surface area contributed by atoms with Crippen LogP contribution in [0.5, 0.6) is 5.75 Å². The highest BCUT2D eigenvalue weighted by atomic mass is 32.2. The number of carbonyl (C=O) groups excluding carboxylic acids is 1. The van der Waals surface area contributed by atoms with Crippen molar-refractivity contribution in [3.8, 4) is 11.6 Å². The average molecular weight is 395 g/mol. The van der Waals surface area contributed by atoms with E-state index in [4.69, 9.17) is 4.74 Å². The Bertz CT molecular complexity index is 1000. The number of nitrogens with zero attached hydrogens (tertiary/aromatic N) is 3. The molecule has 0 fully saturated rings. The second-order valence-corrected chi connectivity index (χ2v) is 8.02. The molecule has 3 aromatic rings. The largest absolute Gasteiger partial charge is 0.491 e. The summed E-state index contributed by atoms with van der Waals surface area (Å²) < 4.78 is 7.59. The van der Waals surface area contributed by atoms with Gasteiger partial charge in [0.15, 0.2) is 5.82 Å². The third kappa shape index (κ3) is 3.62. The first kappa shape index (κ1) is 18.6. The van der Waals surface area contributed by atoms with Crippen LogP contribution in [0, 0.1) is 6.92 Å². The summed E-state index contributed by atoms with van der Waals surface area (Å²) in [5, 5.41) is 7.68. The Hall–Kier alpha value is -2.80. The van der Waals surface area contributed by atoms with E-state index in [0.717, 1.165) is 22.6 Å². The predicted octanol–water partition coefficient (Wildman–Crippen LogP) is 4.14. The summed E-state index contributed by atoms with van der Waals surface area (Å²) >= 11 is 1.60. The molecule has 0 bridgehead atoms. The monoisotopic (exact) mass is 394 g/mol. The molecule has 1 aliphatic heterocycles. The van der Waals surface area contributed by atoms with Crippen LogP contribution in [0.3, 0.4) is 0 Å². The number of hydrogen-bond acceptors (Lipinski definition) is 5. The lowest BCUT2D eigenvalue weighted by Gasteiger charge is -2.17. The zero-order valence-electron chi connectivity index (χ0n) is 16.0. The Morgan fingerprint density at radius 1 is 1.25 bits per heavy atom. The zero-order valence-corrected chi connectivity index (χ0v) is 16.9. The third-order valence-corrected chi connectivity index (χ3v) is 5.68. The van der Waals surface area contributed by atoms with Gasteiger partial charge in [0.25, 0.3) is 0 Å². The molecular formula is C21H22N4O2S. The van der Waals surface area contributed by atoms with E-state index in [1.165, 1.54) is 0 Å². The average Bonchev–Trinajstić information content (AvgIpc) is 2.88. The number of anilines is 1. The van der Waals surface area contributed by atoms with Crippen molar-refractivity contribution in [3.05, 3.63) is 65.5 Å². The van der Waals surface area contributed by atoms with E-state index in [0.29, 0.717) is 17.4 Å². The van der Waals surface area contributed by atoms with Crippen LogP contribution in [-0.2, 0) is 4.79 Å². The Balaban J connectivity index is 1.82. The van der Waals surface area contributed by atoms with Gasteiger partial charge in [0.05, 0.1) is 22.8 Å². The fourth-order valence-electron chi connectivity index (χ4n) is 3.31. The van der Waals surface area contributed by atoms with Crippen molar-refractivity contribution in [2.45, 2.75) is 32.1 Å². The van der Waals surface area contributed by atoms with Crippen LogP contribution in [0.2, 0.25) is 0 Å². The van der Waals surface area contributed by atoms with Crippen molar-refractivity contribution in [3.63, 3.8) is 0 Å². The van der Waals surface area contributed by atoms with E-state index in [9.17, 15) is 4.79 Å². The van der Waals surface area contributed by atoms with Crippen molar-refractivity contribution in [2.24, 2.45) is 0 Å². The minimum atomic E-state index is -0.0413. The van der Waals surface area contributed by atoms with Gasteiger partial charge < -0.3 is 10.1 Å². The van der Waals surface area contributed by atoms with Gasteiger partial charge in [-0.1, -0.05) is 18.2 Å². The van der Waals surface area contributed by atoms with E-state index in [2.05, 4.69) is 27.5 Å². The number of benzene rings is 1. The van der Waals surface area contributed by atoms with E-state index < -0.39 is 0 Å². The van der Waals surface area contributed by atoms with Crippen LogP contribution in [0.4, 0.5) is 5.82 Å². The lowest BCUT2D eigenvalue weighted by atomic mass is 10.0. The van der Waals surface area contributed by atoms with Gasteiger partial charge in [-0.05, 0) is 50.6 Å². The lowest BCUT2D eigenvalue weighted by Crippen LogP contribution is -2.16. The highest BCUT2D eigenvalue weighted by molar-refractivity contribution is 8.00. The number of amides is 1. The quantitative estimate of drug-likeness (QED) is 0.720. The Morgan fingerprint density at radius 3 is 2.86 bits per heavy atom. The first-order valence-corrected chi connectivity index (χ1v) is 10.3. The van der Waals surface area contributed by atoms with E-state index in [1.807, 2.05) is 51.1 Å². The SMILES string of the molecule is Cc1nn(-c2ccccn2)c2c1[C@H](c1cccc(OC(C)C)c1)SCC(=O)N2. The molecule has 0 saturated carbocycles. The van der Waals surface area contributed by atoms with E-state index in [-0.39, 0.29) is 17.3 Å². The fraction of sp³-hybridized carbons (Fsp3) is 0.286. The first-order chi connectivity index (χ1) is 13.5. The molecule has 7 heteroatoms. The Morgan fingerprint density at radius 2 is 2.11 bits per heavy atom. The summed E-state index contributed by atoms with van der Waals surface area (Å²) in [5.74, 6) is 2.52. The Labute approximate surface area is 168 Å². The smallest absolute Gasteiger partial charge is 0.235 e. The summed E-state index contributed by atoms with van der Waals surface area (Å²) in [6.45, 7) is 5.99. The zero-order chi connectivity index (χ0) is 19.7. The van der Waals surface area contributed by atoms with Crippen LogP contribution in [0.15, 0.2) is 48.7 Å². The van der Waals surface area contributed by atoms with Gasteiger partial charge in [0.2, 0.25) is 5.91 Å². The summed E-state index contributed by atoms with van der Waals surface area (Å²) in [4.78, 5) is 16.8. The normalized spacial score (nSPS) is 16.4. The number of thioether (sulfide) groups is 1. The molecule has 4 rings (SSSR count). The predicted molar refractivity (Wildman–Crippen MR) is 111 cm³/mol. The molecular weight excluding hydrogens is 372 g/mol. The molecule has 0 saturated heterocycles. The minimum Gasteiger partial charge on any atom is -0.491 e. The second-order valence-electron chi connectivity index (χ2n) is 6.93. The standard InChI is InChI=1S/C21H22N4O2S/c1-13(2)27-16-8-6-7-15(11-16)20-19-14(3)24-25(17-9-4-5-10-22-17)21(19)23-18(26)12-28-20/h4-11,13,20H,12H2,1-3H3,(H,23,26)/t20-/m0/s1. The highest BCUT2D eigenvalue weighted by Gasteiger charge is 2.31. The number of nitrogens with one attached hydrogen (secondary N) is 1. The van der Waals surface area contributed by atoms with E-state index in [1.54, 1.807) is 22.6 Å². The Kier molecular flexibility index (Phi) is 5.09. The van der Waals surface area contributed by atoms with Gasteiger partial charge >= 0.3 is 0 Å². The molecule has 28 heavy (non-hydrogen) atoms. The molecule has 1 aromatic carbocycles. The summed E-state index contributed by atoms with van der Waals surface area (Å²) in [6, 6.07) is 13.7. The number of rotatable bonds is 4. The molecule has 0 unspecified atom stereocenters. The lowest BCUT2D eigenvalue weighted by molar-refractivity contribution is -0.113. The van der Waals surface area contributed by atoms with Gasteiger partial charge in [0, 0.05) is 11.8 Å². The summed E-state index contributed by atoms with van der Waals surface area (Å²) in [5.41, 5.74) is 2.96. The minimum absolute atomic E-state index is 0.0258. The fourth-order valence-corrected chi connectivity index (χ4v) is 4.49. The third-order valence-electron chi connectivity index (χ3n) is 4.41. The van der Waals surface area contributed by atoms with Crippen LogP contribution < -0.4 is 10.1 Å². The van der Waals surface area contributed by atoms with Crippen molar-refractivity contribution < 1.29 is 9.53 Å². The number of aryl methyl sites for hydroxylation is 1. The molecule has 0 aliphatic carbocycles.